The van der Waals surface area contributed by atoms with Crippen molar-refractivity contribution >= 4 is 28.9 Å². The van der Waals surface area contributed by atoms with Gasteiger partial charge in [-0.2, -0.15) is 0 Å². The molecule has 23 heavy (non-hydrogen) atoms. The summed E-state index contributed by atoms with van der Waals surface area (Å²) in [6.45, 7) is 5.15. The average molecular weight is 339 g/mol. The van der Waals surface area contributed by atoms with Gasteiger partial charge in [-0.25, -0.2) is 9.59 Å². The SMILES string of the molecule is COC(=O)[C@H](CSC(=O)c1ccccc1)NC(=O)OC(C)(C)C. The van der Waals surface area contributed by atoms with Gasteiger partial charge in [-0.1, -0.05) is 42.1 Å². The molecule has 0 spiro atoms. The zero-order valence-electron chi connectivity index (χ0n) is 13.6. The molecule has 0 heterocycles. The Morgan fingerprint density at radius 1 is 1.17 bits per heavy atom. The molecule has 0 saturated heterocycles. The summed E-state index contributed by atoms with van der Waals surface area (Å²) in [5, 5.41) is 2.23. The predicted octanol–water partition coefficient (Wildman–Crippen LogP) is 2.63. The zero-order valence-corrected chi connectivity index (χ0v) is 14.4. The third-order valence-electron chi connectivity index (χ3n) is 2.57. The Balaban J connectivity index is 2.63. The fourth-order valence-corrected chi connectivity index (χ4v) is 2.42. The van der Waals surface area contributed by atoms with Gasteiger partial charge in [-0.3, -0.25) is 4.79 Å². The number of carbonyl (C=O) groups is 3. The van der Waals surface area contributed by atoms with Crippen molar-refractivity contribution < 1.29 is 23.9 Å². The number of amides is 1. The van der Waals surface area contributed by atoms with Gasteiger partial charge in [-0.15, -0.1) is 0 Å². The number of esters is 1. The van der Waals surface area contributed by atoms with E-state index in [1.807, 2.05) is 6.07 Å². The number of hydrogen-bond donors (Lipinski definition) is 1. The predicted molar refractivity (Wildman–Crippen MR) is 88.4 cm³/mol. The number of ether oxygens (including phenoxy) is 2. The van der Waals surface area contributed by atoms with Crippen LogP contribution in [0.5, 0.6) is 0 Å². The lowest BCUT2D eigenvalue weighted by Gasteiger charge is -2.22. The van der Waals surface area contributed by atoms with Crippen LogP contribution < -0.4 is 5.32 Å². The second-order valence-corrected chi connectivity index (χ2v) is 6.68. The van der Waals surface area contributed by atoms with Crippen molar-refractivity contribution in [2.75, 3.05) is 12.9 Å². The molecule has 0 aliphatic carbocycles. The minimum absolute atomic E-state index is 0.0552. The van der Waals surface area contributed by atoms with Gasteiger partial charge in [0.15, 0.2) is 0 Å². The summed E-state index contributed by atoms with van der Waals surface area (Å²) in [7, 11) is 1.22. The maximum atomic E-state index is 12.0. The van der Waals surface area contributed by atoms with Crippen molar-refractivity contribution in [1.29, 1.82) is 0 Å². The van der Waals surface area contributed by atoms with Crippen molar-refractivity contribution in [1.82, 2.24) is 5.32 Å². The normalized spacial score (nSPS) is 12.2. The molecule has 1 rings (SSSR count). The molecule has 126 valence electrons. The molecule has 0 fully saturated rings. The smallest absolute Gasteiger partial charge is 0.408 e. The van der Waals surface area contributed by atoms with Gasteiger partial charge >= 0.3 is 12.1 Å². The Kier molecular flexibility index (Phi) is 7.09. The summed E-state index contributed by atoms with van der Waals surface area (Å²) < 4.78 is 9.75. The highest BCUT2D eigenvalue weighted by Crippen LogP contribution is 2.14. The topological polar surface area (TPSA) is 81.7 Å². The lowest BCUT2D eigenvalue weighted by atomic mass is 10.2. The van der Waals surface area contributed by atoms with E-state index in [0.717, 1.165) is 11.8 Å². The highest BCUT2D eigenvalue weighted by molar-refractivity contribution is 8.14. The third-order valence-corrected chi connectivity index (χ3v) is 3.57. The highest BCUT2D eigenvalue weighted by atomic mass is 32.2. The van der Waals surface area contributed by atoms with E-state index in [2.05, 4.69) is 10.1 Å². The number of alkyl carbamates (subject to hydrolysis) is 1. The van der Waals surface area contributed by atoms with E-state index < -0.39 is 23.7 Å². The Morgan fingerprint density at radius 2 is 1.78 bits per heavy atom. The first kappa shape index (κ1) is 19.0. The first-order valence-electron chi connectivity index (χ1n) is 7.02. The van der Waals surface area contributed by atoms with E-state index in [9.17, 15) is 14.4 Å². The second kappa shape index (κ2) is 8.57. The number of benzene rings is 1. The number of nitrogens with one attached hydrogen (secondary N) is 1. The van der Waals surface area contributed by atoms with Crippen LogP contribution in [0.15, 0.2) is 30.3 Å². The average Bonchev–Trinajstić information content (AvgIpc) is 2.49. The lowest BCUT2D eigenvalue weighted by molar-refractivity contribution is -0.142. The first-order chi connectivity index (χ1) is 10.7. The van der Waals surface area contributed by atoms with E-state index >= 15 is 0 Å². The fourth-order valence-electron chi connectivity index (χ4n) is 1.58. The summed E-state index contributed by atoms with van der Waals surface area (Å²) in [6, 6.07) is 7.72. The molecule has 1 aromatic rings. The van der Waals surface area contributed by atoms with Gasteiger partial charge in [-0.05, 0) is 20.8 Å². The number of carbonyl (C=O) groups excluding carboxylic acids is 3. The Bertz CT molecular complexity index is 553. The maximum absolute atomic E-state index is 12.0. The zero-order chi connectivity index (χ0) is 17.5. The van der Waals surface area contributed by atoms with Crippen molar-refractivity contribution in [3.8, 4) is 0 Å². The molecule has 7 heteroatoms. The van der Waals surface area contributed by atoms with Crippen LogP contribution in [-0.2, 0) is 14.3 Å². The van der Waals surface area contributed by atoms with E-state index in [-0.39, 0.29) is 10.9 Å². The van der Waals surface area contributed by atoms with Crippen LogP contribution >= 0.6 is 11.8 Å². The van der Waals surface area contributed by atoms with E-state index in [0.29, 0.717) is 5.56 Å². The van der Waals surface area contributed by atoms with Crippen LogP contribution in [0.3, 0.4) is 0 Å². The van der Waals surface area contributed by atoms with Gasteiger partial charge in [0.25, 0.3) is 0 Å². The van der Waals surface area contributed by atoms with E-state index in [1.54, 1.807) is 45.0 Å². The van der Waals surface area contributed by atoms with Gasteiger partial charge in [0.2, 0.25) is 5.12 Å². The summed E-state index contributed by atoms with van der Waals surface area (Å²) in [5.41, 5.74) is -0.157. The summed E-state index contributed by atoms with van der Waals surface area (Å²) in [4.78, 5) is 35.6. The summed E-state index contributed by atoms with van der Waals surface area (Å²) in [6.07, 6.45) is -0.735. The van der Waals surface area contributed by atoms with E-state index in [4.69, 9.17) is 4.74 Å². The van der Waals surface area contributed by atoms with E-state index in [1.165, 1.54) is 7.11 Å². The fraction of sp³-hybridized carbons (Fsp3) is 0.438. The molecule has 0 unspecified atom stereocenters. The summed E-state index contributed by atoms with van der Waals surface area (Å²) in [5.74, 6) is -0.580. The van der Waals surface area contributed by atoms with Gasteiger partial charge in [0.1, 0.15) is 11.6 Å². The number of hydrogen-bond acceptors (Lipinski definition) is 6. The quantitative estimate of drug-likeness (QED) is 0.831. The molecule has 0 aliphatic heterocycles. The van der Waals surface area contributed by atoms with Crippen LogP contribution in [-0.4, -0.2) is 41.7 Å². The Morgan fingerprint density at radius 3 is 2.30 bits per heavy atom. The van der Waals surface area contributed by atoms with Crippen LogP contribution in [0.2, 0.25) is 0 Å². The lowest BCUT2D eigenvalue weighted by Crippen LogP contribution is -2.45. The first-order valence-corrected chi connectivity index (χ1v) is 8.01. The molecule has 1 amide bonds. The minimum Gasteiger partial charge on any atom is -0.467 e. The number of thioether (sulfide) groups is 1. The maximum Gasteiger partial charge on any atom is 0.408 e. The van der Waals surface area contributed by atoms with Gasteiger partial charge in [0.05, 0.1) is 7.11 Å². The van der Waals surface area contributed by atoms with Gasteiger partial charge in [0, 0.05) is 11.3 Å². The third kappa shape index (κ3) is 7.19. The van der Waals surface area contributed by atoms with Crippen LogP contribution in [0.25, 0.3) is 0 Å². The number of methoxy groups -OCH3 is 1. The molecule has 6 nitrogen and oxygen atoms in total. The van der Waals surface area contributed by atoms with Crippen LogP contribution in [0, 0.1) is 0 Å². The van der Waals surface area contributed by atoms with Crippen molar-refractivity contribution in [3.63, 3.8) is 0 Å². The van der Waals surface area contributed by atoms with Gasteiger partial charge < -0.3 is 14.8 Å². The molecule has 1 aromatic carbocycles. The molecule has 0 aliphatic rings. The largest absolute Gasteiger partial charge is 0.467 e. The van der Waals surface area contributed by atoms with Crippen LogP contribution in [0.1, 0.15) is 31.1 Å². The molecule has 1 N–H and O–H groups in total. The van der Waals surface area contributed by atoms with Crippen molar-refractivity contribution in [2.45, 2.75) is 32.4 Å². The Hall–Kier alpha value is -2.02. The van der Waals surface area contributed by atoms with Crippen molar-refractivity contribution in [2.24, 2.45) is 0 Å². The van der Waals surface area contributed by atoms with Crippen LogP contribution in [0.4, 0.5) is 4.79 Å². The molecular weight excluding hydrogens is 318 g/mol. The van der Waals surface area contributed by atoms with Crippen molar-refractivity contribution in [3.05, 3.63) is 35.9 Å². The molecule has 0 radical (unpaired) electrons. The highest BCUT2D eigenvalue weighted by Gasteiger charge is 2.26. The standard InChI is InChI=1S/C16H21NO5S/c1-16(2,3)22-15(20)17-12(13(18)21-4)10-23-14(19)11-8-6-5-7-9-11/h5-9,12H,10H2,1-4H3,(H,17,20)/t12-/m0/s1. The monoisotopic (exact) mass is 339 g/mol. The molecule has 1 atom stereocenters. The second-order valence-electron chi connectivity index (χ2n) is 5.69. The molecular formula is C16H21NO5S. The number of rotatable bonds is 5. The Labute approximate surface area is 139 Å². The minimum atomic E-state index is -0.965. The molecule has 0 saturated carbocycles. The molecule has 0 bridgehead atoms. The molecule has 0 aromatic heterocycles. The summed E-state index contributed by atoms with van der Waals surface area (Å²) >= 11 is 0.931.